The average Bonchev–Trinajstić information content (AvgIpc) is 3.27. The van der Waals surface area contributed by atoms with Gasteiger partial charge >= 0.3 is 5.63 Å². The van der Waals surface area contributed by atoms with Gasteiger partial charge in [0.25, 0.3) is 0 Å². The number of anilines is 1. The molecule has 6 nitrogen and oxygen atoms in total. The Morgan fingerprint density at radius 2 is 1.90 bits per heavy atom. The molecule has 1 aromatic heterocycles. The molecule has 2 aliphatic heterocycles. The summed E-state index contributed by atoms with van der Waals surface area (Å²) in [6, 6.07) is 14.4. The molecule has 3 heterocycles. The largest absolute Gasteiger partial charge is 0.423 e. The van der Waals surface area contributed by atoms with E-state index >= 15 is 0 Å². The minimum Gasteiger partial charge on any atom is -0.423 e. The summed E-state index contributed by atoms with van der Waals surface area (Å²) >= 11 is 1.66. The summed E-state index contributed by atoms with van der Waals surface area (Å²) in [6.45, 7) is 3.88. The van der Waals surface area contributed by atoms with Gasteiger partial charge in [-0.05, 0) is 43.5 Å². The summed E-state index contributed by atoms with van der Waals surface area (Å²) in [5.74, 6) is 0.310. The molecule has 31 heavy (non-hydrogen) atoms. The second-order valence-electron chi connectivity index (χ2n) is 8.19. The zero-order chi connectivity index (χ0) is 21.8. The average molecular weight is 435 g/mol. The lowest BCUT2D eigenvalue weighted by Gasteiger charge is -2.34. The van der Waals surface area contributed by atoms with E-state index in [1.807, 2.05) is 32.0 Å². The molecule has 7 heteroatoms. The van der Waals surface area contributed by atoms with Gasteiger partial charge in [0.05, 0.1) is 0 Å². The molecule has 0 spiro atoms. The number of carbonyl (C=O) groups is 2. The van der Waals surface area contributed by atoms with Gasteiger partial charge in [-0.2, -0.15) is 0 Å². The number of nitrogens with one attached hydrogen (secondary N) is 1. The zero-order valence-electron chi connectivity index (χ0n) is 17.3. The van der Waals surface area contributed by atoms with Crippen LogP contribution in [0.4, 0.5) is 5.69 Å². The Hall–Kier alpha value is -3.06. The van der Waals surface area contributed by atoms with E-state index in [1.54, 1.807) is 28.8 Å². The standard InChI is InChI=1S/C24H22N2O4S/c1-14-3-5-16(6-4-14)24-10-9-21(27)26(24)19(13-31-24)23(29)25-17-7-8-18-15(2)11-22(28)30-20(18)12-17/h3-8,11-12,19H,9-10,13H2,1-2H3,(H,25,29). The highest BCUT2D eigenvalue weighted by molar-refractivity contribution is 8.00. The first-order valence-corrected chi connectivity index (χ1v) is 11.2. The van der Waals surface area contributed by atoms with Crippen LogP contribution in [0.15, 0.2) is 57.7 Å². The second kappa shape index (κ2) is 7.27. The molecule has 2 aromatic carbocycles. The van der Waals surface area contributed by atoms with E-state index in [0.717, 1.165) is 22.1 Å². The third kappa shape index (κ3) is 3.24. The van der Waals surface area contributed by atoms with Gasteiger partial charge in [0.2, 0.25) is 11.8 Å². The van der Waals surface area contributed by atoms with Crippen molar-refractivity contribution in [3.05, 3.63) is 75.6 Å². The van der Waals surface area contributed by atoms with Crippen LogP contribution in [0.3, 0.4) is 0 Å². The third-order valence-corrected chi connectivity index (χ3v) is 7.75. The SMILES string of the molecule is Cc1ccc(C23CCC(=O)N2C(C(=O)Nc2ccc4c(C)cc(=O)oc4c2)CS3)cc1. The quantitative estimate of drug-likeness (QED) is 0.632. The van der Waals surface area contributed by atoms with Crippen molar-refractivity contribution in [2.45, 2.75) is 37.6 Å². The Labute approximate surface area is 183 Å². The van der Waals surface area contributed by atoms with Gasteiger partial charge in [0, 0.05) is 35.4 Å². The Balaban J connectivity index is 1.43. The van der Waals surface area contributed by atoms with Crippen LogP contribution in [0.2, 0.25) is 0 Å². The first-order chi connectivity index (χ1) is 14.9. The fourth-order valence-corrected chi connectivity index (χ4v) is 6.23. The number of hydrogen-bond acceptors (Lipinski definition) is 5. The van der Waals surface area contributed by atoms with Crippen molar-refractivity contribution in [3.8, 4) is 0 Å². The number of thioether (sulfide) groups is 1. The van der Waals surface area contributed by atoms with Gasteiger partial charge in [0.15, 0.2) is 0 Å². The smallest absolute Gasteiger partial charge is 0.336 e. The summed E-state index contributed by atoms with van der Waals surface area (Å²) in [4.78, 5) is 39.0. The molecule has 2 amide bonds. The summed E-state index contributed by atoms with van der Waals surface area (Å²) in [5.41, 5.74) is 3.58. The third-order valence-electron chi connectivity index (χ3n) is 6.15. The van der Waals surface area contributed by atoms with Crippen molar-refractivity contribution in [3.63, 3.8) is 0 Å². The molecule has 0 bridgehead atoms. The Bertz CT molecular complexity index is 1270. The highest BCUT2D eigenvalue weighted by atomic mass is 32.2. The Morgan fingerprint density at radius 1 is 1.13 bits per heavy atom. The molecule has 0 radical (unpaired) electrons. The molecule has 1 N–H and O–H groups in total. The molecule has 2 atom stereocenters. The van der Waals surface area contributed by atoms with E-state index in [0.29, 0.717) is 29.9 Å². The van der Waals surface area contributed by atoms with E-state index < -0.39 is 16.5 Å². The highest BCUT2D eigenvalue weighted by Crippen LogP contribution is 2.54. The lowest BCUT2D eigenvalue weighted by atomic mass is 10.0. The Morgan fingerprint density at radius 3 is 2.68 bits per heavy atom. The van der Waals surface area contributed by atoms with Gasteiger partial charge in [-0.15, -0.1) is 11.8 Å². The molecule has 2 aliphatic rings. The number of benzene rings is 2. The molecule has 3 aromatic rings. The predicted molar refractivity (Wildman–Crippen MR) is 121 cm³/mol. The van der Waals surface area contributed by atoms with Crippen molar-refractivity contribution >= 4 is 40.2 Å². The van der Waals surface area contributed by atoms with Crippen LogP contribution in [0.25, 0.3) is 11.0 Å². The number of fused-ring (bicyclic) bond motifs is 2. The summed E-state index contributed by atoms with van der Waals surface area (Å²) in [6.07, 6.45) is 1.13. The number of aryl methyl sites for hydroxylation is 2. The van der Waals surface area contributed by atoms with Crippen LogP contribution < -0.4 is 10.9 Å². The molecular formula is C24H22N2O4S. The van der Waals surface area contributed by atoms with E-state index in [-0.39, 0.29) is 11.8 Å². The van der Waals surface area contributed by atoms with Crippen LogP contribution >= 0.6 is 11.8 Å². The molecule has 0 aliphatic carbocycles. The molecular weight excluding hydrogens is 412 g/mol. The van der Waals surface area contributed by atoms with Crippen molar-refractivity contribution in [1.82, 2.24) is 4.90 Å². The van der Waals surface area contributed by atoms with E-state index in [4.69, 9.17) is 4.42 Å². The van der Waals surface area contributed by atoms with Gasteiger partial charge in [-0.25, -0.2) is 4.79 Å². The number of carbonyl (C=O) groups excluding carboxylic acids is 2. The molecule has 0 saturated carbocycles. The van der Waals surface area contributed by atoms with Crippen LogP contribution in [0, 0.1) is 13.8 Å². The van der Waals surface area contributed by atoms with Crippen LogP contribution in [-0.4, -0.2) is 28.5 Å². The number of nitrogens with zero attached hydrogens (tertiary/aromatic N) is 1. The second-order valence-corrected chi connectivity index (χ2v) is 9.49. The fourth-order valence-electron chi connectivity index (χ4n) is 4.58. The first-order valence-electron chi connectivity index (χ1n) is 10.3. The first kappa shape index (κ1) is 19.9. The minimum absolute atomic E-state index is 0.00542. The Kier molecular flexibility index (Phi) is 4.66. The van der Waals surface area contributed by atoms with Crippen molar-refractivity contribution in [1.29, 1.82) is 0 Å². The topological polar surface area (TPSA) is 79.6 Å². The lowest BCUT2D eigenvalue weighted by Crippen LogP contribution is -2.48. The maximum Gasteiger partial charge on any atom is 0.336 e. The number of amides is 2. The van der Waals surface area contributed by atoms with Gasteiger partial charge in [-0.1, -0.05) is 29.8 Å². The van der Waals surface area contributed by atoms with Crippen LogP contribution in [0.1, 0.15) is 29.5 Å². The van der Waals surface area contributed by atoms with E-state index in [2.05, 4.69) is 17.4 Å². The van der Waals surface area contributed by atoms with Gasteiger partial charge < -0.3 is 14.6 Å². The highest BCUT2D eigenvalue weighted by Gasteiger charge is 2.56. The fraction of sp³-hybridized carbons (Fsp3) is 0.292. The predicted octanol–water partition coefficient (Wildman–Crippen LogP) is 3.94. The molecule has 158 valence electrons. The maximum atomic E-state index is 13.2. The van der Waals surface area contributed by atoms with Gasteiger partial charge in [-0.3, -0.25) is 9.59 Å². The monoisotopic (exact) mass is 434 g/mol. The molecule has 2 unspecified atom stereocenters. The molecule has 5 rings (SSSR count). The summed E-state index contributed by atoms with van der Waals surface area (Å²) in [7, 11) is 0. The zero-order valence-corrected chi connectivity index (χ0v) is 18.1. The molecule has 2 saturated heterocycles. The van der Waals surface area contributed by atoms with Crippen molar-refractivity contribution in [2.75, 3.05) is 11.1 Å². The number of hydrogen-bond donors (Lipinski definition) is 1. The van der Waals surface area contributed by atoms with Gasteiger partial charge in [0.1, 0.15) is 16.5 Å². The normalized spacial score (nSPS) is 22.7. The summed E-state index contributed by atoms with van der Waals surface area (Å²) in [5, 5.41) is 3.74. The van der Waals surface area contributed by atoms with Crippen LogP contribution in [0.5, 0.6) is 0 Å². The van der Waals surface area contributed by atoms with Crippen LogP contribution in [-0.2, 0) is 14.5 Å². The maximum absolute atomic E-state index is 13.2. The molecule has 2 fully saturated rings. The number of rotatable bonds is 3. The van der Waals surface area contributed by atoms with E-state index in [9.17, 15) is 14.4 Å². The lowest BCUT2D eigenvalue weighted by molar-refractivity contribution is -0.136. The summed E-state index contributed by atoms with van der Waals surface area (Å²) < 4.78 is 5.28. The van der Waals surface area contributed by atoms with Crippen molar-refractivity contribution in [2.24, 2.45) is 0 Å². The van der Waals surface area contributed by atoms with E-state index in [1.165, 1.54) is 6.07 Å². The minimum atomic E-state index is -0.554. The van der Waals surface area contributed by atoms with Crippen molar-refractivity contribution < 1.29 is 14.0 Å².